The van der Waals surface area contributed by atoms with E-state index in [9.17, 15) is 0 Å². The van der Waals surface area contributed by atoms with Crippen LogP contribution in [0.5, 0.6) is 0 Å². The molecule has 0 aromatic carbocycles. The summed E-state index contributed by atoms with van der Waals surface area (Å²) >= 11 is 0. The molecule has 0 unspecified atom stereocenters. The van der Waals surface area contributed by atoms with E-state index in [0.29, 0.717) is 0 Å². The number of nitrogens with zero attached hydrogens (tertiary/aromatic N) is 1. The van der Waals surface area contributed by atoms with Crippen molar-refractivity contribution < 1.29 is 4.52 Å². The summed E-state index contributed by atoms with van der Waals surface area (Å²) in [5, 5.41) is 6.55. The maximum Gasteiger partial charge on any atom is 0.161 e. The second-order valence-corrected chi connectivity index (χ2v) is 2.12. The Hall–Kier alpha value is -0.990. The zero-order chi connectivity index (χ0) is 7.23. The van der Waals surface area contributed by atoms with Gasteiger partial charge >= 0.3 is 0 Å². The molecule has 0 fully saturated rings. The molecule has 55 valence electrons. The third-order valence-electron chi connectivity index (χ3n) is 1.24. The molecule has 1 N–H and O–H groups in total. The van der Waals surface area contributed by atoms with Gasteiger partial charge in [-0.05, 0) is 6.42 Å². The summed E-state index contributed by atoms with van der Waals surface area (Å²) in [5.41, 5.74) is 0.841. The standard InChI is InChI=1S/C7H11N2O/c1-2-3-4-8-7-5-9-10-6-7/h6,8H,2-4H2,1H3. The van der Waals surface area contributed by atoms with E-state index in [2.05, 4.69) is 28.1 Å². The van der Waals surface area contributed by atoms with Crippen molar-refractivity contribution in [1.82, 2.24) is 5.16 Å². The molecule has 3 nitrogen and oxygen atoms in total. The Morgan fingerprint density at radius 1 is 1.80 bits per heavy atom. The lowest BCUT2D eigenvalue weighted by Crippen LogP contribution is -1.98. The van der Waals surface area contributed by atoms with E-state index < -0.39 is 0 Å². The highest BCUT2D eigenvalue weighted by atomic mass is 16.5. The monoisotopic (exact) mass is 139 g/mol. The number of nitrogens with one attached hydrogen (secondary N) is 1. The Kier molecular flexibility index (Phi) is 2.80. The molecule has 0 aliphatic heterocycles. The van der Waals surface area contributed by atoms with Crippen LogP contribution in [0.2, 0.25) is 0 Å². The lowest BCUT2D eigenvalue weighted by Gasteiger charge is -1.97. The average molecular weight is 139 g/mol. The Bertz CT molecular complexity index is 160. The minimum atomic E-state index is 0.841. The van der Waals surface area contributed by atoms with Crippen molar-refractivity contribution >= 4 is 5.69 Å². The molecule has 1 aromatic heterocycles. The summed E-state index contributed by atoms with van der Waals surface area (Å²) in [7, 11) is 0. The van der Waals surface area contributed by atoms with Crippen molar-refractivity contribution in [1.29, 1.82) is 0 Å². The predicted molar refractivity (Wildman–Crippen MR) is 38.7 cm³/mol. The van der Waals surface area contributed by atoms with Gasteiger partial charge in [-0.15, -0.1) is 0 Å². The summed E-state index contributed by atoms with van der Waals surface area (Å²) in [4.78, 5) is 0. The van der Waals surface area contributed by atoms with Gasteiger partial charge in [0.1, 0.15) is 12.0 Å². The molecule has 3 heteroatoms. The van der Waals surface area contributed by atoms with E-state index >= 15 is 0 Å². The van der Waals surface area contributed by atoms with Crippen molar-refractivity contribution in [3.63, 3.8) is 0 Å². The molecule has 1 heterocycles. The Labute approximate surface area is 60.4 Å². The molecule has 0 saturated heterocycles. The molecular weight excluding hydrogens is 128 g/mol. The Balaban J connectivity index is 2.15. The average Bonchev–Trinajstić information content (AvgIpc) is 2.41. The van der Waals surface area contributed by atoms with Crippen LogP contribution in [0.1, 0.15) is 19.8 Å². The van der Waals surface area contributed by atoms with Gasteiger partial charge in [-0.3, -0.25) is 0 Å². The first kappa shape index (κ1) is 7.12. The number of unbranched alkanes of at least 4 members (excludes halogenated alkanes) is 1. The third kappa shape index (κ3) is 2.09. The fraction of sp³-hybridized carbons (Fsp3) is 0.571. The van der Waals surface area contributed by atoms with Gasteiger partial charge in [-0.1, -0.05) is 18.5 Å². The zero-order valence-corrected chi connectivity index (χ0v) is 6.05. The van der Waals surface area contributed by atoms with Crippen molar-refractivity contribution in [3.05, 3.63) is 12.5 Å². The third-order valence-corrected chi connectivity index (χ3v) is 1.24. The van der Waals surface area contributed by atoms with E-state index in [1.165, 1.54) is 12.8 Å². The van der Waals surface area contributed by atoms with Crippen LogP contribution in [-0.2, 0) is 0 Å². The van der Waals surface area contributed by atoms with Crippen LogP contribution in [0.15, 0.2) is 10.8 Å². The minimum absolute atomic E-state index is 0.841. The molecule has 0 bridgehead atoms. The zero-order valence-electron chi connectivity index (χ0n) is 6.05. The number of aromatic nitrogens is 1. The summed E-state index contributed by atoms with van der Waals surface area (Å²) in [6, 6.07) is 0. The van der Waals surface area contributed by atoms with Gasteiger partial charge in [-0.25, -0.2) is 0 Å². The van der Waals surface area contributed by atoms with Gasteiger partial charge in [0.15, 0.2) is 6.20 Å². The summed E-state index contributed by atoms with van der Waals surface area (Å²) in [6.07, 6.45) is 6.58. The van der Waals surface area contributed by atoms with Crippen LogP contribution in [0, 0.1) is 6.20 Å². The first-order chi connectivity index (χ1) is 4.93. The lowest BCUT2D eigenvalue weighted by atomic mass is 10.3. The molecule has 0 saturated carbocycles. The second kappa shape index (κ2) is 3.93. The first-order valence-electron chi connectivity index (χ1n) is 3.49. The number of hydrogen-bond donors (Lipinski definition) is 1. The van der Waals surface area contributed by atoms with Gasteiger partial charge in [0.05, 0.1) is 0 Å². The predicted octanol–water partition coefficient (Wildman–Crippen LogP) is 1.69. The van der Waals surface area contributed by atoms with E-state index in [-0.39, 0.29) is 0 Å². The number of anilines is 1. The fourth-order valence-corrected chi connectivity index (χ4v) is 0.662. The smallest absolute Gasteiger partial charge is 0.161 e. The molecule has 1 rings (SSSR count). The maximum atomic E-state index is 4.58. The normalized spacial score (nSPS) is 9.70. The van der Waals surface area contributed by atoms with Crippen molar-refractivity contribution in [2.24, 2.45) is 0 Å². The molecule has 0 spiro atoms. The van der Waals surface area contributed by atoms with E-state index in [4.69, 9.17) is 0 Å². The quantitative estimate of drug-likeness (QED) is 0.645. The van der Waals surface area contributed by atoms with Gasteiger partial charge in [0.25, 0.3) is 0 Å². The minimum Gasteiger partial charge on any atom is -0.381 e. The highest BCUT2D eigenvalue weighted by molar-refractivity contribution is 5.34. The molecule has 0 aliphatic rings. The van der Waals surface area contributed by atoms with Gasteiger partial charge in [0.2, 0.25) is 0 Å². The van der Waals surface area contributed by atoms with E-state index in [1.54, 1.807) is 6.26 Å². The highest BCUT2D eigenvalue weighted by Gasteiger charge is 1.91. The van der Waals surface area contributed by atoms with Crippen LogP contribution in [0.4, 0.5) is 5.69 Å². The van der Waals surface area contributed by atoms with E-state index in [0.717, 1.165) is 12.2 Å². The van der Waals surface area contributed by atoms with Crippen molar-refractivity contribution in [3.8, 4) is 0 Å². The van der Waals surface area contributed by atoms with Gasteiger partial charge in [-0.2, -0.15) is 0 Å². The fourth-order valence-electron chi connectivity index (χ4n) is 0.662. The molecule has 0 atom stereocenters. The molecule has 0 aliphatic carbocycles. The largest absolute Gasteiger partial charge is 0.381 e. The lowest BCUT2D eigenvalue weighted by molar-refractivity contribution is 0.418. The Morgan fingerprint density at radius 2 is 2.70 bits per heavy atom. The summed E-state index contributed by atoms with van der Waals surface area (Å²) in [6.45, 7) is 3.12. The second-order valence-electron chi connectivity index (χ2n) is 2.12. The van der Waals surface area contributed by atoms with Crippen LogP contribution in [0.3, 0.4) is 0 Å². The number of hydrogen-bond acceptors (Lipinski definition) is 3. The van der Waals surface area contributed by atoms with Crippen LogP contribution >= 0.6 is 0 Å². The Morgan fingerprint density at radius 3 is 3.30 bits per heavy atom. The van der Waals surface area contributed by atoms with Gasteiger partial charge < -0.3 is 9.84 Å². The molecule has 0 amide bonds. The van der Waals surface area contributed by atoms with Crippen molar-refractivity contribution in [2.45, 2.75) is 19.8 Å². The number of rotatable bonds is 4. The topological polar surface area (TPSA) is 38.1 Å². The highest BCUT2D eigenvalue weighted by Crippen LogP contribution is 2.02. The first-order valence-corrected chi connectivity index (χ1v) is 3.49. The SMILES string of the molecule is CCCCNc1[c]noc1. The molecule has 1 radical (unpaired) electrons. The molecule has 10 heavy (non-hydrogen) atoms. The maximum absolute atomic E-state index is 4.58. The molecular formula is C7H11N2O. The summed E-state index contributed by atoms with van der Waals surface area (Å²) in [5.74, 6) is 0. The van der Waals surface area contributed by atoms with Crippen LogP contribution < -0.4 is 5.32 Å². The van der Waals surface area contributed by atoms with E-state index in [1.807, 2.05) is 0 Å². The van der Waals surface area contributed by atoms with Crippen molar-refractivity contribution in [2.75, 3.05) is 11.9 Å². The summed E-state index contributed by atoms with van der Waals surface area (Å²) < 4.78 is 4.58. The van der Waals surface area contributed by atoms with Gasteiger partial charge in [0, 0.05) is 6.54 Å². The molecule has 1 aromatic rings. The van der Waals surface area contributed by atoms with Crippen LogP contribution in [0.25, 0.3) is 0 Å². The van der Waals surface area contributed by atoms with Crippen LogP contribution in [-0.4, -0.2) is 11.7 Å².